The molecule has 3 aromatic carbocycles. The molecule has 2 saturated heterocycles. The molecule has 0 saturated carbocycles. The zero-order valence-electron chi connectivity index (χ0n) is 22.4. The molecule has 210 valence electrons. The Morgan fingerprint density at radius 2 is 1.71 bits per heavy atom. The summed E-state index contributed by atoms with van der Waals surface area (Å²) in [4.78, 5) is 33.6. The Bertz CT molecular complexity index is 1690. The van der Waals surface area contributed by atoms with Crippen LogP contribution in [0.5, 0.6) is 0 Å². The van der Waals surface area contributed by atoms with E-state index in [2.05, 4.69) is 25.4 Å². The van der Waals surface area contributed by atoms with Crippen LogP contribution in [0.25, 0.3) is 22.8 Å². The van der Waals surface area contributed by atoms with Crippen molar-refractivity contribution in [2.45, 2.75) is 19.4 Å². The molecule has 41 heavy (non-hydrogen) atoms. The third-order valence-corrected chi connectivity index (χ3v) is 9.03. The highest BCUT2D eigenvalue weighted by Gasteiger charge is 2.23. The topological polar surface area (TPSA) is 128 Å². The predicted octanol–water partition coefficient (Wildman–Crippen LogP) is 3.75. The first kappa shape index (κ1) is 26.9. The molecule has 2 aliphatic rings. The number of hydrogen-bond donors (Lipinski definition) is 2. The molecule has 0 unspecified atom stereocenters. The summed E-state index contributed by atoms with van der Waals surface area (Å²) < 4.78 is 23.4. The van der Waals surface area contributed by atoms with E-state index >= 15 is 0 Å². The quantitative estimate of drug-likeness (QED) is 0.346. The first-order valence-corrected chi connectivity index (χ1v) is 15.4. The monoisotopic (exact) mass is 570 g/mol. The van der Waals surface area contributed by atoms with E-state index in [9.17, 15) is 18.0 Å². The minimum Gasteiger partial charge on any atom is -0.322 e. The number of carbonyl (C=O) groups is 2. The Balaban J connectivity index is 1.09. The van der Waals surface area contributed by atoms with Crippen LogP contribution in [-0.2, 0) is 21.2 Å². The van der Waals surface area contributed by atoms with Crippen molar-refractivity contribution in [3.63, 3.8) is 0 Å². The van der Waals surface area contributed by atoms with Crippen molar-refractivity contribution in [3.8, 4) is 22.8 Å². The van der Waals surface area contributed by atoms with Crippen molar-refractivity contribution in [1.29, 1.82) is 0 Å². The van der Waals surface area contributed by atoms with E-state index in [-0.39, 0.29) is 23.3 Å². The summed E-state index contributed by atoms with van der Waals surface area (Å²) in [5.41, 5.74) is 4.64. The van der Waals surface area contributed by atoms with Gasteiger partial charge in [-0.1, -0.05) is 24.3 Å². The average molecular weight is 571 g/mol. The van der Waals surface area contributed by atoms with Gasteiger partial charge in [0.2, 0.25) is 5.91 Å². The third-order valence-electron chi connectivity index (χ3n) is 7.42. The van der Waals surface area contributed by atoms with Crippen molar-refractivity contribution in [1.82, 2.24) is 20.1 Å². The molecule has 0 bridgehead atoms. The second kappa shape index (κ2) is 11.3. The molecular formula is C30H30N6O4S. The zero-order valence-corrected chi connectivity index (χ0v) is 23.2. The van der Waals surface area contributed by atoms with Crippen LogP contribution in [0.4, 0.5) is 11.4 Å². The highest BCUT2D eigenvalue weighted by Crippen LogP contribution is 2.27. The Morgan fingerprint density at radius 1 is 0.927 bits per heavy atom. The third kappa shape index (κ3) is 6.21. The molecule has 0 aliphatic carbocycles. The van der Waals surface area contributed by atoms with Gasteiger partial charge in [-0.25, -0.2) is 13.4 Å². The number of benzene rings is 3. The van der Waals surface area contributed by atoms with Crippen LogP contribution in [-0.4, -0.2) is 71.5 Å². The Morgan fingerprint density at radius 3 is 2.46 bits per heavy atom. The molecule has 1 aromatic heterocycles. The maximum absolute atomic E-state index is 12.9. The highest BCUT2D eigenvalue weighted by molar-refractivity contribution is 7.91. The predicted molar refractivity (Wildman–Crippen MR) is 157 cm³/mol. The summed E-state index contributed by atoms with van der Waals surface area (Å²) in [7, 11) is -2.93. The molecule has 4 aromatic rings. The van der Waals surface area contributed by atoms with E-state index in [1.54, 1.807) is 11.0 Å². The molecule has 6 rings (SSSR count). The minimum absolute atomic E-state index is 0.134. The lowest BCUT2D eigenvalue weighted by Gasteiger charge is -2.26. The van der Waals surface area contributed by atoms with Gasteiger partial charge in [-0.15, -0.1) is 0 Å². The Kier molecular flexibility index (Phi) is 7.38. The zero-order chi connectivity index (χ0) is 28.4. The first-order valence-electron chi connectivity index (χ1n) is 13.6. The van der Waals surface area contributed by atoms with Crippen LogP contribution >= 0.6 is 0 Å². The fourth-order valence-electron chi connectivity index (χ4n) is 5.15. The Labute approximate surface area is 238 Å². The normalized spacial score (nSPS) is 17.1. The van der Waals surface area contributed by atoms with Gasteiger partial charge in [0.25, 0.3) is 5.91 Å². The molecule has 2 N–H and O–H groups in total. The van der Waals surface area contributed by atoms with E-state index in [0.29, 0.717) is 49.0 Å². The van der Waals surface area contributed by atoms with E-state index in [0.717, 1.165) is 35.3 Å². The van der Waals surface area contributed by atoms with Gasteiger partial charge in [0, 0.05) is 60.7 Å². The summed E-state index contributed by atoms with van der Waals surface area (Å²) in [5.74, 6) is 1.39. The van der Waals surface area contributed by atoms with Gasteiger partial charge >= 0.3 is 0 Å². The van der Waals surface area contributed by atoms with Crippen LogP contribution in [0, 0.1) is 0 Å². The lowest BCUT2D eigenvalue weighted by atomic mass is 10.1. The summed E-state index contributed by atoms with van der Waals surface area (Å²) in [6.07, 6.45) is 1.44. The van der Waals surface area contributed by atoms with E-state index < -0.39 is 9.84 Å². The number of aromatic amines is 1. The average Bonchev–Trinajstić information content (AvgIpc) is 3.65. The standard InChI is InChI=1S/C30H30N6O4S/c37-27-8-3-13-36(27)26-7-2-5-23(19-26)29-32-28(33-34-29)22-9-11-25(12-10-22)31-30(38)24-6-1-4-21(18-24)20-35-14-16-41(39,40)17-15-35/h1-2,4-7,9-12,18-19H,3,8,13-17,20H2,(H,31,38)(H,32,33,34). The second-order valence-electron chi connectivity index (χ2n) is 10.4. The summed E-state index contributed by atoms with van der Waals surface area (Å²) in [5, 5.41) is 10.3. The number of rotatable bonds is 7. The van der Waals surface area contributed by atoms with E-state index in [1.807, 2.05) is 66.7 Å². The number of hydrogen-bond acceptors (Lipinski definition) is 7. The fraction of sp³-hybridized carbons (Fsp3) is 0.267. The number of nitrogens with zero attached hydrogens (tertiary/aromatic N) is 4. The number of amides is 2. The molecule has 0 atom stereocenters. The molecule has 10 nitrogen and oxygen atoms in total. The number of carbonyl (C=O) groups excluding carboxylic acids is 2. The van der Waals surface area contributed by atoms with Gasteiger partial charge < -0.3 is 10.2 Å². The molecule has 3 heterocycles. The molecule has 11 heteroatoms. The lowest BCUT2D eigenvalue weighted by molar-refractivity contribution is -0.117. The van der Waals surface area contributed by atoms with Gasteiger partial charge in [0.05, 0.1) is 11.5 Å². The van der Waals surface area contributed by atoms with Gasteiger partial charge in [0.15, 0.2) is 21.5 Å². The maximum Gasteiger partial charge on any atom is 0.255 e. The Hall–Kier alpha value is -4.35. The van der Waals surface area contributed by atoms with Gasteiger partial charge in [-0.05, 0) is 60.5 Å². The molecule has 0 spiro atoms. The van der Waals surface area contributed by atoms with Crippen molar-refractivity contribution in [3.05, 3.63) is 83.9 Å². The first-order chi connectivity index (χ1) is 19.8. The van der Waals surface area contributed by atoms with Crippen LogP contribution in [0.2, 0.25) is 0 Å². The highest BCUT2D eigenvalue weighted by atomic mass is 32.2. The number of sulfone groups is 1. The lowest BCUT2D eigenvalue weighted by Crippen LogP contribution is -2.39. The van der Waals surface area contributed by atoms with Crippen LogP contribution < -0.4 is 10.2 Å². The summed E-state index contributed by atoms with van der Waals surface area (Å²) in [6.45, 7) is 2.33. The van der Waals surface area contributed by atoms with E-state index in [4.69, 9.17) is 0 Å². The van der Waals surface area contributed by atoms with Crippen LogP contribution in [0.15, 0.2) is 72.8 Å². The summed E-state index contributed by atoms with van der Waals surface area (Å²) >= 11 is 0. The van der Waals surface area contributed by atoms with Gasteiger partial charge in [0.1, 0.15) is 0 Å². The molecule has 2 fully saturated rings. The molecule has 0 radical (unpaired) electrons. The second-order valence-corrected chi connectivity index (χ2v) is 12.7. The van der Waals surface area contributed by atoms with Crippen LogP contribution in [0.3, 0.4) is 0 Å². The van der Waals surface area contributed by atoms with E-state index in [1.165, 1.54) is 0 Å². The number of anilines is 2. The van der Waals surface area contributed by atoms with Crippen molar-refractivity contribution < 1.29 is 18.0 Å². The van der Waals surface area contributed by atoms with Crippen molar-refractivity contribution >= 4 is 33.0 Å². The van der Waals surface area contributed by atoms with Crippen LogP contribution in [0.1, 0.15) is 28.8 Å². The molecule has 2 aliphatic heterocycles. The number of H-pyrrole nitrogens is 1. The largest absolute Gasteiger partial charge is 0.322 e. The minimum atomic E-state index is -2.93. The van der Waals surface area contributed by atoms with Crippen molar-refractivity contribution in [2.75, 3.05) is 41.4 Å². The maximum atomic E-state index is 12.9. The summed E-state index contributed by atoms with van der Waals surface area (Å²) in [6, 6.07) is 22.4. The molecular weight excluding hydrogens is 540 g/mol. The number of aromatic nitrogens is 3. The number of nitrogens with one attached hydrogen (secondary N) is 2. The van der Waals surface area contributed by atoms with Gasteiger partial charge in [-0.2, -0.15) is 5.10 Å². The van der Waals surface area contributed by atoms with Crippen molar-refractivity contribution in [2.24, 2.45) is 0 Å². The molecule has 2 amide bonds. The van der Waals surface area contributed by atoms with Gasteiger partial charge in [-0.3, -0.25) is 19.6 Å². The fourth-order valence-corrected chi connectivity index (χ4v) is 6.42. The smallest absolute Gasteiger partial charge is 0.255 e. The SMILES string of the molecule is O=C(Nc1ccc(-c2nc(-c3cccc(N4CCCC4=O)c3)n[nH]2)cc1)c1cccc(CN2CCS(=O)(=O)CC2)c1.